The van der Waals surface area contributed by atoms with E-state index in [0.717, 1.165) is 18.5 Å². The maximum absolute atomic E-state index is 12.1. The van der Waals surface area contributed by atoms with Crippen molar-refractivity contribution in [3.05, 3.63) is 23.4 Å². The molecule has 0 aliphatic carbocycles. The van der Waals surface area contributed by atoms with Crippen molar-refractivity contribution in [3.8, 4) is 0 Å². The quantitative estimate of drug-likeness (QED) is 0.533. The van der Waals surface area contributed by atoms with Gasteiger partial charge in [0.15, 0.2) is 0 Å². The van der Waals surface area contributed by atoms with Gasteiger partial charge in [0.25, 0.3) is 5.91 Å². The first kappa shape index (κ1) is 12.8. The Bertz CT molecular complexity index is 408. The molecule has 1 aromatic rings. The van der Waals surface area contributed by atoms with Gasteiger partial charge in [-0.15, -0.1) is 0 Å². The lowest BCUT2D eigenvalue weighted by Gasteiger charge is -2.12. The number of hydrazine groups is 1. The number of anilines is 1. The summed E-state index contributed by atoms with van der Waals surface area (Å²) in [5.74, 6) is 5.73. The molecule has 2 rings (SSSR count). The van der Waals surface area contributed by atoms with Crippen molar-refractivity contribution in [2.75, 3.05) is 18.6 Å². The van der Waals surface area contributed by atoms with Crippen LogP contribution in [0.4, 0.5) is 5.82 Å². The molecule has 1 fully saturated rings. The molecule has 6 nitrogen and oxygen atoms in total. The third-order valence-corrected chi connectivity index (χ3v) is 2.92. The third kappa shape index (κ3) is 2.96. The van der Waals surface area contributed by atoms with Crippen molar-refractivity contribution < 1.29 is 9.53 Å². The van der Waals surface area contributed by atoms with Crippen LogP contribution in [-0.2, 0) is 11.2 Å². The summed E-state index contributed by atoms with van der Waals surface area (Å²) >= 11 is 0. The van der Waals surface area contributed by atoms with E-state index in [2.05, 4.69) is 15.7 Å². The number of nitrogens with two attached hydrogens (primary N) is 1. The average Bonchev–Trinajstić information content (AvgIpc) is 2.90. The molecule has 2 heterocycles. The van der Waals surface area contributed by atoms with Gasteiger partial charge in [0.2, 0.25) is 0 Å². The van der Waals surface area contributed by atoms with Gasteiger partial charge < -0.3 is 15.5 Å². The smallest absolute Gasteiger partial charge is 0.251 e. The van der Waals surface area contributed by atoms with Crippen molar-refractivity contribution in [2.24, 2.45) is 5.84 Å². The zero-order chi connectivity index (χ0) is 13.0. The zero-order valence-electron chi connectivity index (χ0n) is 10.4. The van der Waals surface area contributed by atoms with Crippen LogP contribution < -0.4 is 16.6 Å². The van der Waals surface area contributed by atoms with E-state index in [0.29, 0.717) is 24.6 Å². The molecule has 18 heavy (non-hydrogen) atoms. The topological polar surface area (TPSA) is 89.3 Å². The summed E-state index contributed by atoms with van der Waals surface area (Å²) in [6.45, 7) is 3.27. The molecule has 1 aliphatic heterocycles. The summed E-state index contributed by atoms with van der Waals surface area (Å²) in [4.78, 5) is 16.3. The molecule has 4 N–H and O–H groups in total. The number of rotatable bonds is 4. The van der Waals surface area contributed by atoms with Gasteiger partial charge in [-0.1, -0.05) is 6.92 Å². The lowest BCUT2D eigenvalue weighted by molar-refractivity contribution is 0.0929. The lowest BCUT2D eigenvalue weighted by Crippen LogP contribution is -2.35. The van der Waals surface area contributed by atoms with Gasteiger partial charge in [0.1, 0.15) is 5.82 Å². The summed E-state index contributed by atoms with van der Waals surface area (Å²) in [6.07, 6.45) is 1.61. The maximum atomic E-state index is 12.1. The van der Waals surface area contributed by atoms with Gasteiger partial charge in [-0.3, -0.25) is 4.79 Å². The van der Waals surface area contributed by atoms with Crippen LogP contribution in [0, 0.1) is 0 Å². The van der Waals surface area contributed by atoms with Gasteiger partial charge >= 0.3 is 0 Å². The number of amides is 1. The normalized spacial score (nSPS) is 18.7. The number of aromatic nitrogens is 1. The molecule has 1 amide bonds. The number of ether oxygens (including phenoxy) is 1. The van der Waals surface area contributed by atoms with Gasteiger partial charge in [-0.25, -0.2) is 10.8 Å². The molecule has 1 saturated heterocycles. The van der Waals surface area contributed by atoms with Gasteiger partial charge in [-0.2, -0.15) is 0 Å². The highest BCUT2D eigenvalue weighted by Crippen LogP contribution is 2.12. The van der Waals surface area contributed by atoms with Crippen molar-refractivity contribution in [2.45, 2.75) is 25.8 Å². The number of nitrogens with one attached hydrogen (secondary N) is 2. The third-order valence-electron chi connectivity index (χ3n) is 2.92. The fraction of sp³-hybridized carbons (Fsp3) is 0.500. The maximum Gasteiger partial charge on any atom is 0.251 e. The van der Waals surface area contributed by atoms with Crippen LogP contribution in [0.3, 0.4) is 0 Å². The van der Waals surface area contributed by atoms with Crippen LogP contribution in [-0.4, -0.2) is 30.1 Å². The van der Waals surface area contributed by atoms with E-state index in [9.17, 15) is 4.79 Å². The first-order valence-corrected chi connectivity index (χ1v) is 6.09. The first-order chi connectivity index (χ1) is 8.72. The summed E-state index contributed by atoms with van der Waals surface area (Å²) in [5.41, 5.74) is 3.88. The summed E-state index contributed by atoms with van der Waals surface area (Å²) in [6, 6.07) is 3.53. The molecular weight excluding hydrogens is 232 g/mol. The van der Waals surface area contributed by atoms with Crippen LogP contribution >= 0.6 is 0 Å². The van der Waals surface area contributed by atoms with Gasteiger partial charge in [-0.05, 0) is 25.0 Å². The number of nitrogens with zero attached hydrogens (tertiary/aromatic N) is 1. The van der Waals surface area contributed by atoms with Crippen molar-refractivity contribution in [1.82, 2.24) is 10.3 Å². The second kappa shape index (κ2) is 5.79. The fourth-order valence-electron chi connectivity index (χ4n) is 1.89. The van der Waals surface area contributed by atoms with E-state index >= 15 is 0 Å². The molecule has 0 saturated carbocycles. The highest BCUT2D eigenvalue weighted by atomic mass is 16.5. The first-order valence-electron chi connectivity index (χ1n) is 6.09. The predicted molar refractivity (Wildman–Crippen MR) is 68.1 cm³/mol. The molecule has 1 atom stereocenters. The van der Waals surface area contributed by atoms with Crippen LogP contribution in [0.15, 0.2) is 12.1 Å². The number of carbonyl (C=O) groups is 1. The van der Waals surface area contributed by atoms with Gasteiger partial charge in [0, 0.05) is 17.9 Å². The minimum Gasteiger partial charge on any atom is -0.379 e. The zero-order valence-corrected chi connectivity index (χ0v) is 10.4. The van der Waals surface area contributed by atoms with Crippen LogP contribution in [0.1, 0.15) is 29.4 Å². The Morgan fingerprint density at radius 2 is 2.44 bits per heavy atom. The summed E-state index contributed by atoms with van der Waals surface area (Å²) in [5, 5.41) is 2.94. The number of carbonyl (C=O) groups excluding carboxylic acids is 1. The average molecular weight is 250 g/mol. The largest absolute Gasteiger partial charge is 0.379 e. The van der Waals surface area contributed by atoms with E-state index in [4.69, 9.17) is 10.6 Å². The Balaban J connectivity index is 2.12. The number of hydrogen-bond acceptors (Lipinski definition) is 5. The van der Waals surface area contributed by atoms with E-state index in [1.807, 2.05) is 6.92 Å². The predicted octanol–water partition coefficient (Wildman–Crippen LogP) is 0.448. The van der Waals surface area contributed by atoms with Crippen LogP contribution in [0.25, 0.3) is 0 Å². The number of nitrogen functional groups attached to an aromatic ring is 1. The SMILES string of the molecule is CCc1cc(C(=O)NC2CCOC2)cc(NN)n1. The van der Waals surface area contributed by atoms with Crippen LogP contribution in [0.2, 0.25) is 0 Å². The van der Waals surface area contributed by atoms with Gasteiger partial charge in [0.05, 0.1) is 12.6 Å². The van der Waals surface area contributed by atoms with E-state index in [-0.39, 0.29) is 11.9 Å². The van der Waals surface area contributed by atoms with E-state index in [1.54, 1.807) is 12.1 Å². The molecule has 6 heteroatoms. The molecule has 0 aromatic carbocycles. The van der Waals surface area contributed by atoms with Crippen molar-refractivity contribution in [3.63, 3.8) is 0 Å². The molecule has 0 bridgehead atoms. The molecule has 98 valence electrons. The highest BCUT2D eigenvalue weighted by molar-refractivity contribution is 5.95. The monoisotopic (exact) mass is 250 g/mol. The van der Waals surface area contributed by atoms with E-state index in [1.165, 1.54) is 0 Å². The standard InChI is InChI=1S/C12H18N4O2/c1-2-9-5-8(6-11(14-9)16-13)12(17)15-10-3-4-18-7-10/h5-6,10H,2-4,7,13H2,1H3,(H,14,16)(H,15,17). The fourth-order valence-corrected chi connectivity index (χ4v) is 1.89. The molecule has 1 aromatic heterocycles. The minimum atomic E-state index is -0.112. The second-order valence-corrected chi connectivity index (χ2v) is 4.26. The Kier molecular flexibility index (Phi) is 4.11. The Morgan fingerprint density at radius 1 is 1.61 bits per heavy atom. The Hall–Kier alpha value is -1.66. The molecule has 1 unspecified atom stereocenters. The number of hydrogen-bond donors (Lipinski definition) is 3. The van der Waals surface area contributed by atoms with Crippen molar-refractivity contribution >= 4 is 11.7 Å². The molecular formula is C12H18N4O2. The van der Waals surface area contributed by atoms with Crippen LogP contribution in [0.5, 0.6) is 0 Å². The molecule has 0 spiro atoms. The summed E-state index contributed by atoms with van der Waals surface area (Å²) in [7, 11) is 0. The minimum absolute atomic E-state index is 0.102. The highest BCUT2D eigenvalue weighted by Gasteiger charge is 2.19. The number of pyridine rings is 1. The molecule has 0 radical (unpaired) electrons. The number of aryl methyl sites for hydroxylation is 1. The lowest BCUT2D eigenvalue weighted by atomic mass is 10.1. The Morgan fingerprint density at radius 3 is 3.06 bits per heavy atom. The second-order valence-electron chi connectivity index (χ2n) is 4.26. The van der Waals surface area contributed by atoms with E-state index < -0.39 is 0 Å². The summed E-state index contributed by atoms with van der Waals surface area (Å²) < 4.78 is 5.22. The Labute approximate surface area is 106 Å². The molecule has 1 aliphatic rings. The van der Waals surface area contributed by atoms with Crippen molar-refractivity contribution in [1.29, 1.82) is 0 Å².